The molecule has 0 bridgehead atoms. The van der Waals surface area contributed by atoms with Crippen LogP contribution in [0.1, 0.15) is 29.3 Å². The number of aromatic nitrogens is 3. The number of hydrogen-bond donors (Lipinski definition) is 0. The van der Waals surface area contributed by atoms with Crippen LogP contribution in [-0.2, 0) is 0 Å². The minimum atomic E-state index is -0.725. The summed E-state index contributed by atoms with van der Waals surface area (Å²) in [6, 6.07) is 13.1. The summed E-state index contributed by atoms with van der Waals surface area (Å²) in [5.41, 5.74) is 2.52. The Balaban J connectivity index is 1.92. The molecule has 1 atom stereocenters. The smallest absolute Gasteiger partial charge is 0.137 e. The van der Waals surface area contributed by atoms with Crippen molar-refractivity contribution < 1.29 is 8.78 Å². The van der Waals surface area contributed by atoms with Crippen molar-refractivity contribution in [2.24, 2.45) is 0 Å². The summed E-state index contributed by atoms with van der Waals surface area (Å²) >= 11 is 0. The molecule has 23 heavy (non-hydrogen) atoms. The van der Waals surface area contributed by atoms with Crippen molar-refractivity contribution in [3.8, 4) is 0 Å². The third kappa shape index (κ3) is 3.71. The normalized spacial score (nSPS) is 13.0. The second-order valence-electron chi connectivity index (χ2n) is 5.62. The van der Waals surface area contributed by atoms with E-state index in [9.17, 15) is 8.78 Å². The molecule has 0 saturated heterocycles. The molecular formula is C17H17F2N3Si. The van der Waals surface area contributed by atoms with Gasteiger partial charge in [-0.1, -0.05) is 24.3 Å². The lowest BCUT2D eigenvalue weighted by atomic mass is 10.0. The standard InChI is InChI=1S/C17H17F2N3Si/c1-12(22-11-20-10-21-22)23-17(13-2-6-15(18)7-3-13)14-4-8-16(19)9-5-14/h2-12,17H,23H2,1H3. The third-order valence-electron chi connectivity index (χ3n) is 4.01. The first-order valence-electron chi connectivity index (χ1n) is 7.48. The van der Waals surface area contributed by atoms with Crippen molar-refractivity contribution >= 4 is 9.52 Å². The lowest BCUT2D eigenvalue weighted by molar-refractivity contribution is 0.616. The van der Waals surface area contributed by atoms with Crippen LogP contribution < -0.4 is 0 Å². The molecule has 0 radical (unpaired) electrons. The van der Waals surface area contributed by atoms with Gasteiger partial charge in [-0.3, -0.25) is 4.68 Å². The molecule has 3 nitrogen and oxygen atoms in total. The first-order valence-corrected chi connectivity index (χ1v) is 9.12. The summed E-state index contributed by atoms with van der Waals surface area (Å²) in [4.78, 5) is 3.99. The van der Waals surface area contributed by atoms with Crippen molar-refractivity contribution in [1.29, 1.82) is 0 Å². The molecular weight excluding hydrogens is 312 g/mol. The number of nitrogens with zero attached hydrogens (tertiary/aromatic N) is 3. The summed E-state index contributed by atoms with van der Waals surface area (Å²) < 4.78 is 28.3. The average molecular weight is 329 g/mol. The number of rotatable bonds is 5. The highest BCUT2D eigenvalue weighted by atomic mass is 28.2. The fourth-order valence-electron chi connectivity index (χ4n) is 2.75. The minimum absolute atomic E-state index is 0.162. The van der Waals surface area contributed by atoms with E-state index in [0.29, 0.717) is 0 Å². The molecule has 2 aromatic carbocycles. The van der Waals surface area contributed by atoms with Crippen molar-refractivity contribution in [3.05, 3.63) is 83.9 Å². The minimum Gasteiger partial charge on any atom is -0.254 e. The summed E-state index contributed by atoms with van der Waals surface area (Å²) in [5.74, 6) is -0.504. The predicted octanol–water partition coefficient (Wildman–Crippen LogP) is 3.03. The number of hydrogen-bond acceptors (Lipinski definition) is 2. The predicted molar refractivity (Wildman–Crippen MR) is 87.9 cm³/mol. The Hall–Kier alpha value is -2.34. The SMILES string of the molecule is CC([SiH2]C(c1ccc(F)cc1)c1ccc(F)cc1)n1cncn1. The molecule has 0 aliphatic heterocycles. The zero-order valence-electron chi connectivity index (χ0n) is 12.7. The van der Waals surface area contributed by atoms with Crippen LogP contribution in [0.25, 0.3) is 0 Å². The zero-order valence-corrected chi connectivity index (χ0v) is 14.1. The highest BCUT2D eigenvalue weighted by molar-refractivity contribution is 6.40. The number of halogens is 2. The Kier molecular flexibility index (Phi) is 4.62. The molecule has 3 rings (SSSR count). The topological polar surface area (TPSA) is 30.7 Å². The van der Waals surface area contributed by atoms with Crippen LogP contribution in [0, 0.1) is 11.6 Å². The zero-order chi connectivity index (χ0) is 16.2. The first-order chi connectivity index (χ1) is 11.1. The van der Waals surface area contributed by atoms with E-state index in [-0.39, 0.29) is 22.8 Å². The monoisotopic (exact) mass is 329 g/mol. The molecule has 0 aliphatic rings. The maximum Gasteiger partial charge on any atom is 0.137 e. The maximum atomic E-state index is 13.2. The summed E-state index contributed by atoms with van der Waals surface area (Å²) in [6.07, 6.45) is 3.24. The van der Waals surface area contributed by atoms with E-state index in [1.807, 2.05) is 28.9 Å². The van der Waals surface area contributed by atoms with Gasteiger partial charge in [-0.05, 0) is 47.9 Å². The molecule has 118 valence electrons. The van der Waals surface area contributed by atoms with Crippen LogP contribution in [-0.4, -0.2) is 24.3 Å². The van der Waals surface area contributed by atoms with E-state index < -0.39 is 9.52 Å². The molecule has 6 heteroatoms. The van der Waals surface area contributed by atoms with Crippen molar-refractivity contribution in [2.45, 2.75) is 18.1 Å². The Bertz CT molecular complexity index is 697. The van der Waals surface area contributed by atoms with Crippen LogP contribution in [0.15, 0.2) is 61.2 Å². The molecule has 0 aliphatic carbocycles. The van der Waals surface area contributed by atoms with Gasteiger partial charge < -0.3 is 0 Å². The third-order valence-corrected chi connectivity index (χ3v) is 6.48. The summed E-state index contributed by atoms with van der Waals surface area (Å²) in [5, 5.41) is 4.21. The van der Waals surface area contributed by atoms with E-state index in [4.69, 9.17) is 0 Å². The van der Waals surface area contributed by atoms with Crippen molar-refractivity contribution in [3.63, 3.8) is 0 Å². The van der Waals surface area contributed by atoms with E-state index in [0.717, 1.165) is 11.1 Å². The van der Waals surface area contributed by atoms with Gasteiger partial charge in [0.05, 0.1) is 9.52 Å². The Morgan fingerprint density at radius 3 is 1.87 bits per heavy atom. The van der Waals surface area contributed by atoms with Gasteiger partial charge in [0, 0.05) is 5.67 Å². The van der Waals surface area contributed by atoms with Crippen LogP contribution in [0.4, 0.5) is 8.78 Å². The average Bonchev–Trinajstić information content (AvgIpc) is 3.09. The van der Waals surface area contributed by atoms with Gasteiger partial charge in [0.15, 0.2) is 0 Å². The molecule has 3 aromatic rings. The lowest BCUT2D eigenvalue weighted by Gasteiger charge is -2.21. The van der Waals surface area contributed by atoms with Gasteiger partial charge in [0.25, 0.3) is 0 Å². The maximum absolute atomic E-state index is 13.2. The van der Waals surface area contributed by atoms with E-state index >= 15 is 0 Å². The molecule has 1 aromatic heterocycles. The van der Waals surface area contributed by atoms with E-state index in [1.54, 1.807) is 6.33 Å². The highest BCUT2D eigenvalue weighted by Crippen LogP contribution is 2.27. The molecule has 0 fully saturated rings. The van der Waals surface area contributed by atoms with Crippen molar-refractivity contribution in [2.75, 3.05) is 0 Å². The van der Waals surface area contributed by atoms with Gasteiger partial charge in [-0.15, -0.1) is 0 Å². The molecule has 0 amide bonds. The second kappa shape index (κ2) is 6.83. The van der Waals surface area contributed by atoms with Gasteiger partial charge in [-0.2, -0.15) is 5.10 Å². The van der Waals surface area contributed by atoms with Crippen LogP contribution in [0.2, 0.25) is 0 Å². The van der Waals surface area contributed by atoms with Gasteiger partial charge in [-0.25, -0.2) is 13.8 Å². The van der Waals surface area contributed by atoms with Crippen LogP contribution in [0.5, 0.6) is 0 Å². The van der Waals surface area contributed by atoms with E-state index in [1.165, 1.54) is 30.6 Å². The Morgan fingerprint density at radius 1 is 0.913 bits per heavy atom. The largest absolute Gasteiger partial charge is 0.254 e. The lowest BCUT2D eigenvalue weighted by Crippen LogP contribution is -2.21. The summed E-state index contributed by atoms with van der Waals surface area (Å²) in [7, 11) is -0.725. The number of benzene rings is 2. The van der Waals surface area contributed by atoms with Crippen LogP contribution in [0.3, 0.4) is 0 Å². The van der Waals surface area contributed by atoms with E-state index in [2.05, 4.69) is 17.0 Å². The quantitative estimate of drug-likeness (QED) is 0.674. The highest BCUT2D eigenvalue weighted by Gasteiger charge is 2.20. The second-order valence-corrected chi connectivity index (χ2v) is 8.09. The Labute approximate surface area is 135 Å². The fraction of sp³-hybridized carbons (Fsp3) is 0.176. The molecule has 0 saturated carbocycles. The van der Waals surface area contributed by atoms with Crippen molar-refractivity contribution in [1.82, 2.24) is 14.8 Å². The van der Waals surface area contributed by atoms with Gasteiger partial charge in [0.1, 0.15) is 24.3 Å². The summed E-state index contributed by atoms with van der Waals surface area (Å²) in [6.45, 7) is 2.11. The molecule has 0 N–H and O–H groups in total. The first kappa shape index (κ1) is 15.5. The van der Waals surface area contributed by atoms with Gasteiger partial charge in [0.2, 0.25) is 0 Å². The molecule has 1 unspecified atom stereocenters. The van der Waals surface area contributed by atoms with Gasteiger partial charge >= 0.3 is 0 Å². The Morgan fingerprint density at radius 2 is 1.43 bits per heavy atom. The fourth-order valence-corrected chi connectivity index (χ4v) is 4.92. The van der Waals surface area contributed by atoms with Crippen LogP contribution >= 0.6 is 0 Å². The molecule has 1 heterocycles. The molecule has 0 spiro atoms.